The molecule has 1 N–H and O–H groups in total. The summed E-state index contributed by atoms with van der Waals surface area (Å²) in [6.45, 7) is 0.897. The predicted octanol–water partition coefficient (Wildman–Crippen LogP) is 4.51. The van der Waals surface area contributed by atoms with Crippen molar-refractivity contribution in [2.24, 2.45) is 0 Å². The van der Waals surface area contributed by atoms with Crippen LogP contribution in [-0.2, 0) is 0 Å². The first kappa shape index (κ1) is 15.8. The van der Waals surface area contributed by atoms with E-state index in [0.29, 0.717) is 0 Å². The maximum absolute atomic E-state index is 4.50. The fourth-order valence-corrected chi connectivity index (χ4v) is 3.39. The number of benzene rings is 1. The number of rotatable bonds is 5. The molecule has 0 unspecified atom stereocenters. The Hall–Kier alpha value is -2.69. The third kappa shape index (κ3) is 3.55. The van der Waals surface area contributed by atoms with E-state index in [-0.39, 0.29) is 0 Å². The molecule has 0 radical (unpaired) electrons. The number of anilines is 1. The van der Waals surface area contributed by atoms with E-state index < -0.39 is 0 Å². The Labute approximate surface area is 147 Å². The second-order valence-electron chi connectivity index (χ2n) is 6.49. The van der Waals surface area contributed by atoms with Gasteiger partial charge in [-0.3, -0.25) is 0 Å². The lowest BCUT2D eigenvalue weighted by atomic mass is 10.1. The normalized spacial score (nSPS) is 15.0. The molecule has 2 aromatic heterocycles. The molecule has 0 saturated heterocycles. The summed E-state index contributed by atoms with van der Waals surface area (Å²) in [4.78, 5) is 8.85. The number of aromatic nitrogens is 4. The minimum atomic E-state index is 0.831. The molecule has 5 nitrogen and oxygen atoms in total. The molecule has 1 aliphatic rings. The summed E-state index contributed by atoms with van der Waals surface area (Å²) < 4.78 is 1.86. The summed E-state index contributed by atoms with van der Waals surface area (Å²) in [6.07, 6.45) is 13.5. The highest BCUT2D eigenvalue weighted by atomic mass is 15.3. The largest absolute Gasteiger partial charge is 0.369 e. The Kier molecular flexibility index (Phi) is 4.72. The molecule has 0 bridgehead atoms. The molecule has 1 aliphatic carbocycles. The molecule has 0 saturated carbocycles. The molecule has 0 atom stereocenters. The lowest BCUT2D eigenvalue weighted by molar-refractivity contribution is 0.704. The molecule has 0 fully saturated rings. The number of allylic oxidation sites excluding steroid dienone is 1. The van der Waals surface area contributed by atoms with Crippen molar-refractivity contribution in [3.63, 3.8) is 0 Å². The molecule has 4 rings (SSSR count). The Morgan fingerprint density at radius 2 is 1.96 bits per heavy atom. The summed E-state index contributed by atoms with van der Waals surface area (Å²) in [6, 6.07) is 10.1. The van der Waals surface area contributed by atoms with Crippen LogP contribution in [0.1, 0.15) is 38.5 Å². The number of fused-ring (bicyclic) bond motifs is 1. The van der Waals surface area contributed by atoms with Crippen molar-refractivity contribution in [1.29, 1.82) is 0 Å². The van der Waals surface area contributed by atoms with Gasteiger partial charge in [0.2, 0.25) is 0 Å². The van der Waals surface area contributed by atoms with Crippen LogP contribution in [0.4, 0.5) is 5.82 Å². The Morgan fingerprint density at radius 3 is 2.88 bits per heavy atom. The molecule has 128 valence electrons. The maximum atomic E-state index is 4.50. The topological polar surface area (TPSA) is 55.6 Å². The van der Waals surface area contributed by atoms with Gasteiger partial charge in [0.15, 0.2) is 5.65 Å². The van der Waals surface area contributed by atoms with Crippen LogP contribution in [0.3, 0.4) is 0 Å². The Balaban J connectivity index is 1.51. The zero-order chi connectivity index (χ0) is 16.9. The van der Waals surface area contributed by atoms with Gasteiger partial charge in [0.1, 0.15) is 12.1 Å². The molecule has 1 aromatic carbocycles. The van der Waals surface area contributed by atoms with Gasteiger partial charge in [-0.1, -0.05) is 36.3 Å². The molecule has 3 aromatic rings. The van der Waals surface area contributed by atoms with Crippen LogP contribution in [0.5, 0.6) is 0 Å². The van der Waals surface area contributed by atoms with E-state index in [4.69, 9.17) is 0 Å². The third-order valence-electron chi connectivity index (χ3n) is 4.74. The van der Waals surface area contributed by atoms with Crippen LogP contribution in [0.25, 0.3) is 16.7 Å². The third-order valence-corrected chi connectivity index (χ3v) is 4.74. The van der Waals surface area contributed by atoms with Crippen molar-refractivity contribution in [3.05, 3.63) is 54.5 Å². The molecular formula is C20H23N5. The first-order valence-corrected chi connectivity index (χ1v) is 9.08. The zero-order valence-electron chi connectivity index (χ0n) is 14.4. The van der Waals surface area contributed by atoms with Crippen molar-refractivity contribution >= 4 is 16.9 Å². The molecule has 25 heavy (non-hydrogen) atoms. The Bertz CT molecular complexity index is 866. The van der Waals surface area contributed by atoms with Gasteiger partial charge in [-0.05, 0) is 44.2 Å². The van der Waals surface area contributed by atoms with Crippen LogP contribution in [0.2, 0.25) is 0 Å². The van der Waals surface area contributed by atoms with E-state index in [1.807, 2.05) is 41.2 Å². The van der Waals surface area contributed by atoms with Crippen molar-refractivity contribution in [2.75, 3.05) is 11.9 Å². The van der Waals surface area contributed by atoms with Gasteiger partial charge >= 0.3 is 0 Å². The lowest BCUT2D eigenvalue weighted by Gasteiger charge is -2.09. The first-order chi connectivity index (χ1) is 12.4. The first-order valence-electron chi connectivity index (χ1n) is 9.08. The van der Waals surface area contributed by atoms with Crippen LogP contribution in [-0.4, -0.2) is 26.3 Å². The molecule has 0 aliphatic heterocycles. The van der Waals surface area contributed by atoms with Gasteiger partial charge in [0.25, 0.3) is 0 Å². The Morgan fingerprint density at radius 1 is 1.04 bits per heavy atom. The molecular weight excluding hydrogens is 310 g/mol. The average molecular weight is 333 g/mol. The van der Waals surface area contributed by atoms with E-state index in [2.05, 4.69) is 26.5 Å². The second-order valence-corrected chi connectivity index (χ2v) is 6.49. The molecule has 2 heterocycles. The summed E-state index contributed by atoms with van der Waals surface area (Å²) in [7, 11) is 0. The number of hydrogen-bond acceptors (Lipinski definition) is 4. The highest BCUT2D eigenvalue weighted by Gasteiger charge is 2.11. The minimum absolute atomic E-state index is 0.831. The van der Waals surface area contributed by atoms with E-state index in [1.54, 1.807) is 11.9 Å². The zero-order valence-corrected chi connectivity index (χ0v) is 14.4. The summed E-state index contributed by atoms with van der Waals surface area (Å²) in [5, 5.41) is 8.93. The highest BCUT2D eigenvalue weighted by molar-refractivity contribution is 5.87. The number of nitrogens with zero attached hydrogens (tertiary/aromatic N) is 4. The number of nitrogens with one attached hydrogen (secondary N) is 1. The van der Waals surface area contributed by atoms with Crippen LogP contribution < -0.4 is 5.32 Å². The maximum Gasteiger partial charge on any atom is 0.168 e. The van der Waals surface area contributed by atoms with Crippen molar-refractivity contribution < 1.29 is 0 Å². The average Bonchev–Trinajstić information content (AvgIpc) is 2.93. The minimum Gasteiger partial charge on any atom is -0.369 e. The van der Waals surface area contributed by atoms with Crippen LogP contribution in [0, 0.1) is 0 Å². The fourth-order valence-electron chi connectivity index (χ4n) is 3.39. The van der Waals surface area contributed by atoms with Crippen LogP contribution >= 0.6 is 0 Å². The molecule has 5 heteroatoms. The van der Waals surface area contributed by atoms with E-state index >= 15 is 0 Å². The van der Waals surface area contributed by atoms with Crippen LogP contribution in [0.15, 0.2) is 54.5 Å². The quantitative estimate of drug-likeness (QED) is 0.698. The summed E-state index contributed by atoms with van der Waals surface area (Å²) in [5.74, 6) is 0.862. The standard InChI is InChI=1S/C20H23N5/c1-2-5-9-16(8-4-1)12-13-21-19-18-14-24-25(20(18)23-15-22-19)17-10-6-3-7-11-17/h3,6-8,10-11,14-15H,1-2,4-5,9,12-13H2,(H,21,22,23). The second kappa shape index (κ2) is 7.47. The van der Waals surface area contributed by atoms with Gasteiger partial charge < -0.3 is 5.32 Å². The van der Waals surface area contributed by atoms with E-state index in [9.17, 15) is 0 Å². The fraction of sp³-hybridized carbons (Fsp3) is 0.350. The molecule has 0 spiro atoms. The lowest BCUT2D eigenvalue weighted by Crippen LogP contribution is -2.05. The van der Waals surface area contributed by atoms with Crippen molar-refractivity contribution in [2.45, 2.75) is 38.5 Å². The van der Waals surface area contributed by atoms with Gasteiger partial charge in [-0.25, -0.2) is 14.6 Å². The highest BCUT2D eigenvalue weighted by Crippen LogP contribution is 2.23. The van der Waals surface area contributed by atoms with Crippen molar-refractivity contribution in [1.82, 2.24) is 19.7 Å². The van der Waals surface area contributed by atoms with Gasteiger partial charge in [0, 0.05) is 6.54 Å². The molecule has 0 amide bonds. The van der Waals surface area contributed by atoms with Gasteiger partial charge in [-0.15, -0.1) is 0 Å². The van der Waals surface area contributed by atoms with E-state index in [1.165, 1.54) is 32.1 Å². The van der Waals surface area contributed by atoms with E-state index in [0.717, 1.165) is 35.5 Å². The SMILES string of the molecule is C1=C(CCNc2ncnc3c2cnn3-c2ccccc2)CCCCC1. The summed E-state index contributed by atoms with van der Waals surface area (Å²) >= 11 is 0. The number of hydrogen-bond donors (Lipinski definition) is 1. The van der Waals surface area contributed by atoms with Gasteiger partial charge in [0.05, 0.1) is 17.3 Å². The predicted molar refractivity (Wildman–Crippen MR) is 101 cm³/mol. The number of para-hydroxylation sites is 1. The van der Waals surface area contributed by atoms with Crippen molar-refractivity contribution in [3.8, 4) is 5.69 Å². The summed E-state index contributed by atoms with van der Waals surface area (Å²) in [5.41, 5.74) is 3.42. The smallest absolute Gasteiger partial charge is 0.168 e. The monoisotopic (exact) mass is 333 g/mol. The van der Waals surface area contributed by atoms with Gasteiger partial charge in [-0.2, -0.15) is 5.10 Å².